The van der Waals surface area contributed by atoms with Crippen molar-refractivity contribution in [2.24, 2.45) is 0 Å². The summed E-state index contributed by atoms with van der Waals surface area (Å²) in [7, 11) is 0. The molecule has 1 N–H and O–H groups in total. The number of halogens is 3. The maximum absolute atomic E-state index is 11.7. The molecule has 0 bridgehead atoms. The number of alkyl halides is 3. The van der Waals surface area contributed by atoms with Crippen molar-refractivity contribution in [2.45, 2.75) is 38.1 Å². The second-order valence-electron chi connectivity index (χ2n) is 4.02. The molecule has 1 aliphatic rings. The van der Waals surface area contributed by atoms with E-state index < -0.39 is 25.3 Å². The van der Waals surface area contributed by atoms with Gasteiger partial charge in [0.2, 0.25) is 5.91 Å². The number of carbonyl (C=O) groups is 1. The molecular formula is C10H16F3NO3. The van der Waals surface area contributed by atoms with Crippen molar-refractivity contribution in [3.8, 4) is 0 Å². The second kappa shape index (κ2) is 6.20. The van der Waals surface area contributed by atoms with E-state index in [1.165, 1.54) is 0 Å². The van der Waals surface area contributed by atoms with E-state index >= 15 is 0 Å². The van der Waals surface area contributed by atoms with Crippen LogP contribution in [0.1, 0.15) is 19.8 Å². The highest BCUT2D eigenvalue weighted by molar-refractivity contribution is 5.77. The second-order valence-corrected chi connectivity index (χ2v) is 4.02. The van der Waals surface area contributed by atoms with Crippen molar-refractivity contribution < 1.29 is 27.4 Å². The first-order chi connectivity index (χ1) is 7.88. The molecule has 1 saturated heterocycles. The summed E-state index contributed by atoms with van der Waals surface area (Å²) in [6.07, 6.45) is -2.66. The number of hydrogen-bond donors (Lipinski definition) is 1. The minimum atomic E-state index is -4.40. The Labute approximate surface area is 97.5 Å². The lowest BCUT2D eigenvalue weighted by atomic mass is 10.1. The normalized spacial score (nSPS) is 22.5. The van der Waals surface area contributed by atoms with E-state index in [2.05, 4.69) is 10.1 Å². The van der Waals surface area contributed by atoms with E-state index in [0.717, 1.165) is 12.8 Å². The predicted octanol–water partition coefficient (Wildman–Crippen LogP) is 1.25. The zero-order chi connectivity index (χ0) is 12.9. The number of rotatable bonds is 5. The largest absolute Gasteiger partial charge is 0.411 e. The van der Waals surface area contributed by atoms with Crippen LogP contribution in [-0.4, -0.2) is 44.0 Å². The highest BCUT2D eigenvalue weighted by Gasteiger charge is 2.28. The lowest BCUT2D eigenvalue weighted by Gasteiger charge is -2.20. The van der Waals surface area contributed by atoms with E-state index in [0.29, 0.717) is 6.61 Å². The van der Waals surface area contributed by atoms with Gasteiger partial charge in [-0.25, -0.2) is 0 Å². The molecule has 1 fully saturated rings. The Balaban J connectivity index is 2.15. The van der Waals surface area contributed by atoms with Crippen LogP contribution in [0.25, 0.3) is 0 Å². The lowest BCUT2D eigenvalue weighted by Crippen LogP contribution is -2.42. The van der Waals surface area contributed by atoms with Crippen molar-refractivity contribution in [2.75, 3.05) is 19.8 Å². The van der Waals surface area contributed by atoms with Crippen LogP contribution in [-0.2, 0) is 14.3 Å². The van der Waals surface area contributed by atoms with Crippen LogP contribution < -0.4 is 5.32 Å². The molecule has 1 amide bonds. The number of hydrogen-bond acceptors (Lipinski definition) is 3. The molecule has 1 heterocycles. The van der Waals surface area contributed by atoms with Crippen LogP contribution >= 0.6 is 0 Å². The van der Waals surface area contributed by atoms with Crippen LogP contribution in [0.15, 0.2) is 0 Å². The molecule has 100 valence electrons. The summed E-state index contributed by atoms with van der Waals surface area (Å²) in [5.41, 5.74) is 0. The van der Waals surface area contributed by atoms with Crippen LogP contribution in [0.5, 0.6) is 0 Å². The third-order valence-electron chi connectivity index (χ3n) is 2.41. The fourth-order valence-corrected chi connectivity index (χ4v) is 1.64. The van der Waals surface area contributed by atoms with E-state index in [-0.39, 0.29) is 12.1 Å². The molecule has 4 nitrogen and oxygen atoms in total. The van der Waals surface area contributed by atoms with Crippen molar-refractivity contribution >= 4 is 5.91 Å². The maximum atomic E-state index is 11.7. The minimum absolute atomic E-state index is 0.0541. The predicted molar refractivity (Wildman–Crippen MR) is 53.5 cm³/mol. The molecule has 0 unspecified atom stereocenters. The fourth-order valence-electron chi connectivity index (χ4n) is 1.64. The van der Waals surface area contributed by atoms with Crippen LogP contribution in [0, 0.1) is 0 Å². The summed E-state index contributed by atoms with van der Waals surface area (Å²) < 4.78 is 44.8. The Kier molecular flexibility index (Phi) is 5.20. The van der Waals surface area contributed by atoms with Crippen molar-refractivity contribution in [3.05, 3.63) is 0 Å². The Morgan fingerprint density at radius 3 is 2.82 bits per heavy atom. The Morgan fingerprint density at radius 1 is 1.59 bits per heavy atom. The van der Waals surface area contributed by atoms with Crippen LogP contribution in [0.4, 0.5) is 13.2 Å². The topological polar surface area (TPSA) is 47.6 Å². The average Bonchev–Trinajstić information content (AvgIpc) is 2.67. The first-order valence-corrected chi connectivity index (χ1v) is 5.44. The Bertz CT molecular complexity index is 252. The SMILES string of the molecule is C[C@@H](NC(=O)COCC(F)(F)F)[C@@H]1CCCO1. The molecule has 1 aliphatic heterocycles. The van der Waals surface area contributed by atoms with E-state index in [1.807, 2.05) is 0 Å². The zero-order valence-corrected chi connectivity index (χ0v) is 9.55. The molecule has 2 atom stereocenters. The molecule has 1 rings (SSSR count). The van der Waals surface area contributed by atoms with Crippen LogP contribution in [0.2, 0.25) is 0 Å². The number of amides is 1. The average molecular weight is 255 g/mol. The van der Waals surface area contributed by atoms with Gasteiger partial charge in [0, 0.05) is 6.61 Å². The van der Waals surface area contributed by atoms with Gasteiger partial charge in [-0.1, -0.05) is 0 Å². The molecule has 0 aromatic heterocycles. The van der Waals surface area contributed by atoms with Gasteiger partial charge in [0.25, 0.3) is 0 Å². The first kappa shape index (κ1) is 14.2. The summed E-state index contributed by atoms with van der Waals surface area (Å²) in [6, 6.07) is -0.209. The van der Waals surface area contributed by atoms with Gasteiger partial charge in [0.15, 0.2) is 0 Å². The highest BCUT2D eigenvalue weighted by Crippen LogP contribution is 2.16. The molecule has 0 spiro atoms. The molecule has 0 saturated carbocycles. The van der Waals surface area contributed by atoms with Gasteiger partial charge in [0.05, 0.1) is 12.1 Å². The zero-order valence-electron chi connectivity index (χ0n) is 9.55. The van der Waals surface area contributed by atoms with E-state index in [1.54, 1.807) is 6.92 Å². The molecule has 0 aromatic rings. The van der Waals surface area contributed by atoms with E-state index in [4.69, 9.17) is 4.74 Å². The van der Waals surface area contributed by atoms with Crippen molar-refractivity contribution in [3.63, 3.8) is 0 Å². The summed E-state index contributed by atoms with van der Waals surface area (Å²) in [5, 5.41) is 2.55. The standard InChI is InChI=1S/C10H16F3NO3/c1-7(8-3-2-4-17-8)14-9(15)5-16-6-10(11,12)13/h7-8H,2-6H2,1H3,(H,14,15)/t7-,8+/m1/s1. The molecule has 0 aliphatic carbocycles. The summed E-state index contributed by atoms with van der Waals surface area (Å²) in [5.74, 6) is -0.558. The van der Waals surface area contributed by atoms with E-state index in [9.17, 15) is 18.0 Å². The number of ether oxygens (including phenoxy) is 2. The van der Waals surface area contributed by atoms with Crippen LogP contribution in [0.3, 0.4) is 0 Å². The van der Waals surface area contributed by atoms with Crippen molar-refractivity contribution in [1.82, 2.24) is 5.32 Å². The quantitative estimate of drug-likeness (QED) is 0.804. The molecular weight excluding hydrogens is 239 g/mol. The molecule has 0 radical (unpaired) electrons. The number of carbonyl (C=O) groups excluding carboxylic acids is 1. The molecule has 17 heavy (non-hydrogen) atoms. The lowest BCUT2D eigenvalue weighted by molar-refractivity contribution is -0.175. The van der Waals surface area contributed by atoms with Gasteiger partial charge in [-0.2, -0.15) is 13.2 Å². The monoisotopic (exact) mass is 255 g/mol. The third-order valence-corrected chi connectivity index (χ3v) is 2.41. The van der Waals surface area contributed by atoms with Gasteiger partial charge < -0.3 is 14.8 Å². The molecule has 7 heteroatoms. The minimum Gasteiger partial charge on any atom is -0.376 e. The number of nitrogens with one attached hydrogen (secondary N) is 1. The third kappa shape index (κ3) is 5.88. The van der Waals surface area contributed by atoms with Gasteiger partial charge >= 0.3 is 6.18 Å². The van der Waals surface area contributed by atoms with Gasteiger partial charge in [-0.3, -0.25) is 4.79 Å². The molecule has 0 aromatic carbocycles. The van der Waals surface area contributed by atoms with Gasteiger partial charge in [0.1, 0.15) is 13.2 Å². The maximum Gasteiger partial charge on any atom is 0.411 e. The van der Waals surface area contributed by atoms with Gasteiger partial charge in [-0.05, 0) is 19.8 Å². The van der Waals surface area contributed by atoms with Gasteiger partial charge in [-0.15, -0.1) is 0 Å². The summed E-state index contributed by atoms with van der Waals surface area (Å²) in [4.78, 5) is 11.2. The highest BCUT2D eigenvalue weighted by atomic mass is 19.4. The van der Waals surface area contributed by atoms with Crippen molar-refractivity contribution in [1.29, 1.82) is 0 Å². The smallest absolute Gasteiger partial charge is 0.376 e. The summed E-state index contributed by atoms with van der Waals surface area (Å²) >= 11 is 0. The first-order valence-electron chi connectivity index (χ1n) is 5.44. The summed E-state index contributed by atoms with van der Waals surface area (Å²) in [6.45, 7) is 0.429. The Morgan fingerprint density at radius 2 is 2.29 bits per heavy atom. The Hall–Kier alpha value is -0.820. The fraction of sp³-hybridized carbons (Fsp3) is 0.900.